The number of nitrogens with one attached hydrogen (secondary N) is 1. The van der Waals surface area contributed by atoms with Crippen LogP contribution in [0.4, 0.5) is 5.69 Å². The van der Waals surface area contributed by atoms with Gasteiger partial charge in [-0.05, 0) is 61.7 Å². The van der Waals surface area contributed by atoms with Gasteiger partial charge in [0.2, 0.25) is 4.77 Å². The SMILES string of the molecule is Cc1ccccc1-c1n[nH]c(=S)n1/N=C\c1ccc(N2CCCCC2)cc1. The van der Waals surface area contributed by atoms with E-state index in [0.717, 1.165) is 35.6 Å². The van der Waals surface area contributed by atoms with Crippen molar-refractivity contribution in [3.05, 3.63) is 64.4 Å². The zero-order chi connectivity index (χ0) is 18.6. The van der Waals surface area contributed by atoms with Crippen LogP contribution >= 0.6 is 12.2 Å². The average Bonchev–Trinajstić information content (AvgIpc) is 3.08. The molecule has 0 unspecified atom stereocenters. The van der Waals surface area contributed by atoms with Gasteiger partial charge in [-0.15, -0.1) is 0 Å². The summed E-state index contributed by atoms with van der Waals surface area (Å²) in [6.07, 6.45) is 5.73. The summed E-state index contributed by atoms with van der Waals surface area (Å²) in [5.41, 5.74) is 4.47. The van der Waals surface area contributed by atoms with E-state index < -0.39 is 0 Å². The number of aromatic nitrogens is 3. The van der Waals surface area contributed by atoms with Crippen molar-refractivity contribution in [3.8, 4) is 11.4 Å². The summed E-state index contributed by atoms with van der Waals surface area (Å²) in [6.45, 7) is 4.36. The molecule has 0 radical (unpaired) electrons. The number of hydrogen-bond donors (Lipinski definition) is 1. The van der Waals surface area contributed by atoms with Crippen LogP contribution in [0.5, 0.6) is 0 Å². The molecule has 0 bridgehead atoms. The Morgan fingerprint density at radius 1 is 1.04 bits per heavy atom. The quantitative estimate of drug-likeness (QED) is 0.525. The Bertz CT molecular complexity index is 994. The van der Waals surface area contributed by atoms with Gasteiger partial charge in [-0.2, -0.15) is 14.9 Å². The lowest BCUT2D eigenvalue weighted by atomic mass is 10.1. The van der Waals surface area contributed by atoms with E-state index in [1.165, 1.54) is 24.9 Å². The highest BCUT2D eigenvalue weighted by atomic mass is 32.1. The van der Waals surface area contributed by atoms with Gasteiger partial charge in [-0.25, -0.2) is 5.10 Å². The monoisotopic (exact) mass is 377 g/mol. The first kappa shape index (κ1) is 17.7. The van der Waals surface area contributed by atoms with Crippen molar-refractivity contribution in [2.75, 3.05) is 18.0 Å². The van der Waals surface area contributed by atoms with Gasteiger partial charge in [-0.1, -0.05) is 36.4 Å². The molecule has 0 saturated carbocycles. The normalized spacial score (nSPS) is 14.8. The minimum atomic E-state index is 0.481. The second kappa shape index (κ2) is 7.88. The van der Waals surface area contributed by atoms with Crippen LogP contribution in [0.25, 0.3) is 11.4 Å². The van der Waals surface area contributed by atoms with Crippen molar-refractivity contribution in [2.45, 2.75) is 26.2 Å². The van der Waals surface area contributed by atoms with Crippen molar-refractivity contribution in [1.29, 1.82) is 0 Å². The summed E-state index contributed by atoms with van der Waals surface area (Å²) in [4.78, 5) is 2.45. The number of aryl methyl sites for hydroxylation is 1. The summed E-state index contributed by atoms with van der Waals surface area (Å²) in [5, 5.41) is 11.8. The van der Waals surface area contributed by atoms with Gasteiger partial charge in [0.05, 0.1) is 6.21 Å². The van der Waals surface area contributed by atoms with E-state index in [1.807, 2.05) is 24.4 Å². The second-order valence-electron chi connectivity index (χ2n) is 6.86. The summed E-state index contributed by atoms with van der Waals surface area (Å²) in [7, 11) is 0. The molecule has 1 aliphatic heterocycles. The van der Waals surface area contributed by atoms with E-state index in [0.29, 0.717) is 4.77 Å². The number of aromatic amines is 1. The molecule has 1 fully saturated rings. The van der Waals surface area contributed by atoms with Gasteiger partial charge >= 0.3 is 0 Å². The predicted molar refractivity (Wildman–Crippen MR) is 113 cm³/mol. The van der Waals surface area contributed by atoms with E-state index in [9.17, 15) is 0 Å². The summed E-state index contributed by atoms with van der Waals surface area (Å²) < 4.78 is 2.16. The van der Waals surface area contributed by atoms with Crippen molar-refractivity contribution in [3.63, 3.8) is 0 Å². The fourth-order valence-electron chi connectivity index (χ4n) is 3.44. The molecule has 138 valence electrons. The van der Waals surface area contributed by atoms with E-state index in [2.05, 4.69) is 57.5 Å². The number of hydrogen-bond acceptors (Lipinski definition) is 4. The summed E-state index contributed by atoms with van der Waals surface area (Å²) in [5.74, 6) is 0.722. The van der Waals surface area contributed by atoms with Crippen LogP contribution in [0, 0.1) is 11.7 Å². The molecule has 0 amide bonds. The predicted octanol–water partition coefficient (Wildman–Crippen LogP) is 4.79. The Kier molecular flexibility index (Phi) is 5.16. The lowest BCUT2D eigenvalue weighted by Crippen LogP contribution is -2.29. The first-order chi connectivity index (χ1) is 13.2. The number of rotatable bonds is 4. The molecule has 3 aromatic rings. The third kappa shape index (κ3) is 3.85. The Hall–Kier alpha value is -2.73. The number of nitrogens with zero attached hydrogens (tertiary/aromatic N) is 4. The van der Waals surface area contributed by atoms with Crippen LogP contribution in [0.3, 0.4) is 0 Å². The largest absolute Gasteiger partial charge is 0.372 e. The number of H-pyrrole nitrogens is 1. The molecule has 0 aliphatic carbocycles. The Labute approximate surface area is 164 Å². The highest BCUT2D eigenvalue weighted by molar-refractivity contribution is 7.71. The maximum absolute atomic E-state index is 5.36. The summed E-state index contributed by atoms with van der Waals surface area (Å²) >= 11 is 5.36. The topological polar surface area (TPSA) is 49.2 Å². The molecule has 4 rings (SSSR count). The molecule has 2 heterocycles. The molecule has 5 nitrogen and oxygen atoms in total. The van der Waals surface area contributed by atoms with Gasteiger partial charge in [0.25, 0.3) is 0 Å². The van der Waals surface area contributed by atoms with Crippen LogP contribution in [0.2, 0.25) is 0 Å². The Morgan fingerprint density at radius 2 is 1.78 bits per heavy atom. The Morgan fingerprint density at radius 3 is 2.52 bits per heavy atom. The maximum Gasteiger partial charge on any atom is 0.216 e. The van der Waals surface area contributed by atoms with Gasteiger partial charge in [-0.3, -0.25) is 0 Å². The molecule has 27 heavy (non-hydrogen) atoms. The fourth-order valence-corrected chi connectivity index (χ4v) is 3.62. The van der Waals surface area contributed by atoms with E-state index in [1.54, 1.807) is 4.68 Å². The number of benzene rings is 2. The molecule has 2 aromatic carbocycles. The van der Waals surface area contributed by atoms with Crippen molar-refractivity contribution in [2.24, 2.45) is 5.10 Å². The molecule has 1 N–H and O–H groups in total. The molecule has 0 atom stereocenters. The van der Waals surface area contributed by atoms with Crippen LogP contribution in [0.15, 0.2) is 53.6 Å². The zero-order valence-corrected chi connectivity index (χ0v) is 16.2. The van der Waals surface area contributed by atoms with Gasteiger partial charge in [0.15, 0.2) is 5.82 Å². The molecule has 0 spiro atoms. The molecule has 1 aliphatic rings. The average molecular weight is 378 g/mol. The highest BCUT2D eigenvalue weighted by Gasteiger charge is 2.11. The first-order valence-electron chi connectivity index (χ1n) is 9.35. The number of piperidine rings is 1. The molecule has 1 saturated heterocycles. The van der Waals surface area contributed by atoms with Gasteiger partial charge in [0, 0.05) is 24.3 Å². The second-order valence-corrected chi connectivity index (χ2v) is 7.25. The molecule has 1 aromatic heterocycles. The third-order valence-electron chi connectivity index (χ3n) is 4.97. The van der Waals surface area contributed by atoms with Crippen molar-refractivity contribution in [1.82, 2.24) is 14.9 Å². The van der Waals surface area contributed by atoms with E-state index >= 15 is 0 Å². The van der Waals surface area contributed by atoms with Gasteiger partial charge < -0.3 is 4.90 Å². The molecular weight excluding hydrogens is 354 g/mol. The van der Waals surface area contributed by atoms with Crippen LogP contribution in [-0.4, -0.2) is 34.2 Å². The zero-order valence-electron chi connectivity index (χ0n) is 15.4. The first-order valence-corrected chi connectivity index (χ1v) is 9.76. The van der Waals surface area contributed by atoms with E-state index in [-0.39, 0.29) is 0 Å². The fraction of sp³-hybridized carbons (Fsp3) is 0.286. The maximum atomic E-state index is 5.36. The lowest BCUT2D eigenvalue weighted by Gasteiger charge is -2.28. The third-order valence-corrected chi connectivity index (χ3v) is 5.24. The van der Waals surface area contributed by atoms with Crippen molar-refractivity contribution < 1.29 is 0 Å². The van der Waals surface area contributed by atoms with Crippen LogP contribution < -0.4 is 4.90 Å². The highest BCUT2D eigenvalue weighted by Crippen LogP contribution is 2.22. The van der Waals surface area contributed by atoms with Gasteiger partial charge in [0.1, 0.15) is 0 Å². The standard InChI is InChI=1S/C21H23N5S/c1-16-7-3-4-8-19(16)20-23-24-21(27)26(20)22-15-17-9-11-18(12-10-17)25-13-5-2-6-14-25/h3-4,7-12,15H,2,5-6,13-14H2,1H3,(H,24,27)/b22-15-. The van der Waals surface area contributed by atoms with Crippen LogP contribution in [-0.2, 0) is 0 Å². The lowest BCUT2D eigenvalue weighted by molar-refractivity contribution is 0.578. The number of anilines is 1. The molecule has 6 heteroatoms. The minimum absolute atomic E-state index is 0.481. The van der Waals surface area contributed by atoms with Crippen molar-refractivity contribution >= 4 is 24.1 Å². The minimum Gasteiger partial charge on any atom is -0.372 e. The van der Waals surface area contributed by atoms with E-state index in [4.69, 9.17) is 12.2 Å². The van der Waals surface area contributed by atoms with Crippen LogP contribution in [0.1, 0.15) is 30.4 Å². The smallest absolute Gasteiger partial charge is 0.216 e. The molecular formula is C21H23N5S. The Balaban J connectivity index is 1.58. The summed E-state index contributed by atoms with van der Waals surface area (Å²) in [6, 6.07) is 16.6.